The van der Waals surface area contributed by atoms with Crippen LogP contribution in [0.1, 0.15) is 29.8 Å². The second-order valence-electron chi connectivity index (χ2n) is 6.65. The highest BCUT2D eigenvalue weighted by molar-refractivity contribution is 6.31. The van der Waals surface area contributed by atoms with E-state index in [4.69, 9.17) is 11.6 Å². The summed E-state index contributed by atoms with van der Waals surface area (Å²) in [6.07, 6.45) is -6.01. The number of carbonyl (C=O) groups is 1. The number of alkyl halides is 4. The molecule has 2 aromatic rings. The van der Waals surface area contributed by atoms with Gasteiger partial charge in [-0.25, -0.2) is 22.0 Å². The van der Waals surface area contributed by atoms with Crippen molar-refractivity contribution in [3.63, 3.8) is 0 Å². The van der Waals surface area contributed by atoms with Gasteiger partial charge in [0, 0.05) is 37.7 Å². The average molecular weight is 437 g/mol. The zero-order valence-corrected chi connectivity index (χ0v) is 15.9. The van der Waals surface area contributed by atoms with Gasteiger partial charge >= 0.3 is 0 Å². The van der Waals surface area contributed by atoms with E-state index in [1.54, 1.807) is 6.07 Å². The van der Waals surface area contributed by atoms with Crippen LogP contribution in [0.3, 0.4) is 0 Å². The Balaban J connectivity index is 1.58. The topological polar surface area (TPSA) is 41.4 Å². The van der Waals surface area contributed by atoms with Crippen molar-refractivity contribution in [2.45, 2.75) is 25.9 Å². The Hall–Kier alpha value is -2.20. The maximum atomic E-state index is 13.1. The summed E-state index contributed by atoms with van der Waals surface area (Å²) in [5.74, 6) is -0.902. The molecule has 1 aromatic heterocycles. The Morgan fingerprint density at radius 1 is 1.07 bits per heavy atom. The van der Waals surface area contributed by atoms with Crippen LogP contribution in [0.25, 0.3) is 0 Å². The van der Waals surface area contributed by atoms with Crippen LogP contribution < -0.4 is 0 Å². The van der Waals surface area contributed by atoms with Gasteiger partial charge in [0.2, 0.25) is 5.91 Å². The van der Waals surface area contributed by atoms with Gasteiger partial charge in [0.1, 0.15) is 23.7 Å². The molecule has 5 nitrogen and oxygen atoms in total. The molecule has 0 aliphatic carbocycles. The van der Waals surface area contributed by atoms with Crippen molar-refractivity contribution in [1.82, 2.24) is 19.6 Å². The molecular weight excluding hydrogens is 419 g/mol. The van der Waals surface area contributed by atoms with E-state index < -0.39 is 42.5 Å². The van der Waals surface area contributed by atoms with E-state index in [1.807, 2.05) is 4.90 Å². The zero-order valence-electron chi connectivity index (χ0n) is 15.2. The molecule has 0 N–H and O–H groups in total. The van der Waals surface area contributed by atoms with Gasteiger partial charge in [-0.05, 0) is 23.8 Å². The third kappa shape index (κ3) is 5.24. The smallest absolute Gasteiger partial charge is 0.282 e. The molecule has 1 aliphatic rings. The molecule has 1 saturated heterocycles. The van der Waals surface area contributed by atoms with E-state index in [-0.39, 0.29) is 0 Å². The normalized spacial score (nSPS) is 15.5. The maximum Gasteiger partial charge on any atom is 0.282 e. The molecule has 0 radical (unpaired) electrons. The summed E-state index contributed by atoms with van der Waals surface area (Å²) in [4.78, 5) is 15.9. The summed E-state index contributed by atoms with van der Waals surface area (Å²) in [5, 5.41) is 3.75. The molecule has 0 saturated carbocycles. The molecule has 29 heavy (non-hydrogen) atoms. The monoisotopic (exact) mass is 436 g/mol. The molecule has 0 bridgehead atoms. The van der Waals surface area contributed by atoms with Gasteiger partial charge in [0.05, 0.1) is 0 Å². The lowest BCUT2D eigenvalue weighted by atomic mass is 10.2. The summed E-state index contributed by atoms with van der Waals surface area (Å²) < 4.78 is 65.3. The molecular formula is C18H18ClF5N4O. The Kier molecular flexibility index (Phi) is 6.74. The predicted octanol–water partition coefficient (Wildman–Crippen LogP) is 3.90. The van der Waals surface area contributed by atoms with Gasteiger partial charge < -0.3 is 4.90 Å². The van der Waals surface area contributed by atoms with Crippen LogP contribution in [0.5, 0.6) is 0 Å². The van der Waals surface area contributed by atoms with E-state index in [1.165, 1.54) is 17.0 Å². The van der Waals surface area contributed by atoms with Gasteiger partial charge in [-0.2, -0.15) is 5.10 Å². The van der Waals surface area contributed by atoms with E-state index in [0.717, 1.165) is 5.56 Å². The van der Waals surface area contributed by atoms with Crippen molar-refractivity contribution in [3.8, 4) is 0 Å². The molecule has 0 unspecified atom stereocenters. The number of amides is 1. The number of halogens is 6. The second kappa shape index (κ2) is 9.08. The molecule has 0 spiro atoms. The standard InChI is InChI=1S/C18H18ClF5N4O/c19-13-7-12(20)2-1-11(13)9-26-3-5-27(6-4-26)16(29)10-28-15(18(23)24)8-14(25-28)17(21)22/h1-2,7-8,17-18H,3-6,9-10H2. The van der Waals surface area contributed by atoms with Crippen LogP contribution in [0, 0.1) is 5.82 Å². The molecule has 1 aromatic carbocycles. The largest absolute Gasteiger partial charge is 0.339 e. The number of aromatic nitrogens is 2. The van der Waals surface area contributed by atoms with Crippen LogP contribution in [0.4, 0.5) is 22.0 Å². The fourth-order valence-electron chi connectivity index (χ4n) is 3.14. The third-order valence-corrected chi connectivity index (χ3v) is 5.05. The van der Waals surface area contributed by atoms with Crippen molar-refractivity contribution in [1.29, 1.82) is 0 Å². The number of nitrogens with zero attached hydrogens (tertiary/aromatic N) is 4. The minimum absolute atomic E-state index is 0.316. The Morgan fingerprint density at radius 3 is 2.34 bits per heavy atom. The Bertz CT molecular complexity index is 868. The molecule has 1 aliphatic heterocycles. The average Bonchev–Trinajstić information content (AvgIpc) is 3.09. The van der Waals surface area contributed by atoms with E-state index in [2.05, 4.69) is 5.10 Å². The van der Waals surface area contributed by atoms with Crippen molar-refractivity contribution >= 4 is 17.5 Å². The summed E-state index contributed by atoms with van der Waals surface area (Å²) in [6.45, 7) is 1.63. The molecule has 3 rings (SSSR count). The van der Waals surface area contributed by atoms with E-state index in [9.17, 15) is 26.7 Å². The molecule has 0 atom stereocenters. The van der Waals surface area contributed by atoms with Gasteiger partial charge in [-0.15, -0.1) is 0 Å². The maximum absolute atomic E-state index is 13.1. The van der Waals surface area contributed by atoms with Crippen molar-refractivity contribution in [2.75, 3.05) is 26.2 Å². The highest BCUT2D eigenvalue weighted by Gasteiger charge is 2.26. The molecule has 2 heterocycles. The van der Waals surface area contributed by atoms with Crippen molar-refractivity contribution in [2.24, 2.45) is 0 Å². The first-order valence-corrected chi connectivity index (χ1v) is 9.20. The van der Waals surface area contributed by atoms with Gasteiger partial charge in [-0.3, -0.25) is 14.4 Å². The van der Waals surface area contributed by atoms with Gasteiger partial charge in [0.15, 0.2) is 0 Å². The van der Waals surface area contributed by atoms with Crippen LogP contribution in [-0.2, 0) is 17.9 Å². The lowest BCUT2D eigenvalue weighted by molar-refractivity contribution is -0.134. The minimum Gasteiger partial charge on any atom is -0.339 e. The second-order valence-corrected chi connectivity index (χ2v) is 7.05. The third-order valence-electron chi connectivity index (χ3n) is 4.70. The summed E-state index contributed by atoms with van der Waals surface area (Å²) in [5.41, 5.74) is -0.738. The predicted molar refractivity (Wildman–Crippen MR) is 95.4 cm³/mol. The van der Waals surface area contributed by atoms with Crippen molar-refractivity contribution in [3.05, 3.63) is 52.1 Å². The fraction of sp³-hybridized carbons (Fsp3) is 0.444. The first-order chi connectivity index (χ1) is 13.7. The highest BCUT2D eigenvalue weighted by Crippen LogP contribution is 2.25. The SMILES string of the molecule is O=C(Cn1nc(C(F)F)cc1C(F)F)N1CCN(Cc2ccc(F)cc2Cl)CC1. The number of hydrogen-bond acceptors (Lipinski definition) is 3. The number of hydrogen-bond donors (Lipinski definition) is 0. The molecule has 1 fully saturated rings. The number of carbonyl (C=O) groups excluding carboxylic acids is 1. The summed E-state index contributed by atoms with van der Waals surface area (Å²) in [6, 6.07) is 4.76. The van der Waals surface area contributed by atoms with E-state index >= 15 is 0 Å². The number of piperazine rings is 1. The van der Waals surface area contributed by atoms with Crippen LogP contribution in [0.2, 0.25) is 5.02 Å². The molecule has 1 amide bonds. The fourth-order valence-corrected chi connectivity index (χ4v) is 3.36. The quantitative estimate of drug-likeness (QED) is 0.645. The number of rotatable bonds is 6. The van der Waals surface area contributed by atoms with Crippen molar-refractivity contribution < 1.29 is 26.7 Å². The Labute approximate surface area is 168 Å². The van der Waals surface area contributed by atoms with Crippen LogP contribution >= 0.6 is 11.6 Å². The minimum atomic E-state index is -3.01. The summed E-state index contributed by atoms with van der Waals surface area (Å²) >= 11 is 6.03. The summed E-state index contributed by atoms with van der Waals surface area (Å²) in [7, 11) is 0. The van der Waals surface area contributed by atoms with Gasteiger partial charge in [-0.1, -0.05) is 17.7 Å². The highest BCUT2D eigenvalue weighted by atomic mass is 35.5. The van der Waals surface area contributed by atoms with E-state index in [0.29, 0.717) is 48.5 Å². The van der Waals surface area contributed by atoms with Gasteiger partial charge in [0.25, 0.3) is 12.9 Å². The molecule has 11 heteroatoms. The lowest BCUT2D eigenvalue weighted by Crippen LogP contribution is -2.49. The molecule has 158 valence electrons. The first-order valence-electron chi connectivity index (χ1n) is 8.82. The van der Waals surface area contributed by atoms with Crippen LogP contribution in [-0.4, -0.2) is 51.7 Å². The first kappa shape index (κ1) is 21.5. The Morgan fingerprint density at radius 2 is 1.76 bits per heavy atom. The zero-order chi connectivity index (χ0) is 21.1. The lowest BCUT2D eigenvalue weighted by Gasteiger charge is -2.35. The number of benzene rings is 1. The van der Waals surface area contributed by atoms with Crippen LogP contribution in [0.15, 0.2) is 24.3 Å².